The Bertz CT molecular complexity index is 116. The van der Waals surface area contributed by atoms with E-state index in [1.807, 2.05) is 0 Å². The molecule has 1 heterocycles. The Morgan fingerprint density at radius 1 is 1.40 bits per heavy atom. The molecule has 0 unspecified atom stereocenters. The Labute approximate surface area is 63.8 Å². The lowest BCUT2D eigenvalue weighted by Crippen LogP contribution is -2.30. The molecule has 1 nitrogen and oxygen atoms in total. The number of rotatable bonds is 1. The van der Waals surface area contributed by atoms with Gasteiger partial charge in [-0.05, 0) is 32.1 Å². The van der Waals surface area contributed by atoms with Gasteiger partial charge < -0.3 is 4.74 Å². The van der Waals surface area contributed by atoms with Crippen molar-refractivity contribution in [1.29, 1.82) is 0 Å². The highest BCUT2D eigenvalue weighted by Gasteiger charge is 2.37. The van der Waals surface area contributed by atoms with E-state index in [1.54, 1.807) is 0 Å². The molecule has 1 fully saturated rings. The Morgan fingerprint density at radius 3 is 2.20 bits per heavy atom. The Kier molecular flexibility index (Phi) is 2.04. The zero-order valence-electron chi connectivity index (χ0n) is 7.48. The Balaban J connectivity index is 2.59. The maximum atomic E-state index is 5.61. The van der Waals surface area contributed by atoms with Gasteiger partial charge in [0.25, 0.3) is 0 Å². The lowest BCUT2D eigenvalue weighted by atomic mass is 9.82. The van der Waals surface area contributed by atoms with Gasteiger partial charge in [0.05, 0.1) is 5.60 Å². The van der Waals surface area contributed by atoms with Crippen LogP contribution in [-0.2, 0) is 4.74 Å². The molecule has 1 saturated heterocycles. The summed E-state index contributed by atoms with van der Waals surface area (Å²) < 4.78 is 5.61. The summed E-state index contributed by atoms with van der Waals surface area (Å²) in [5.74, 6) is 1.52. The van der Waals surface area contributed by atoms with Crippen molar-refractivity contribution in [3.8, 4) is 0 Å². The molecule has 0 bridgehead atoms. The quantitative estimate of drug-likeness (QED) is 0.546. The molecular formula is C9H18O. The number of ether oxygens (including phenoxy) is 1. The van der Waals surface area contributed by atoms with Gasteiger partial charge in [0.1, 0.15) is 0 Å². The fourth-order valence-corrected chi connectivity index (χ4v) is 2.04. The zero-order chi connectivity index (χ0) is 7.78. The van der Waals surface area contributed by atoms with Crippen LogP contribution in [-0.4, -0.2) is 12.2 Å². The Morgan fingerprint density at radius 2 is 2.00 bits per heavy atom. The first kappa shape index (κ1) is 8.06. The summed E-state index contributed by atoms with van der Waals surface area (Å²) in [5.41, 5.74) is 0.133. The van der Waals surface area contributed by atoms with E-state index in [0.717, 1.165) is 18.4 Å². The van der Waals surface area contributed by atoms with Crippen LogP contribution in [0.5, 0.6) is 0 Å². The van der Waals surface area contributed by atoms with Crippen LogP contribution in [0.15, 0.2) is 0 Å². The summed E-state index contributed by atoms with van der Waals surface area (Å²) in [6.07, 6.45) is 1.24. The molecule has 1 rings (SSSR count). The van der Waals surface area contributed by atoms with Crippen LogP contribution < -0.4 is 0 Å². The maximum Gasteiger partial charge on any atom is 0.0657 e. The highest BCUT2D eigenvalue weighted by molar-refractivity contribution is 4.86. The van der Waals surface area contributed by atoms with Crippen molar-refractivity contribution in [3.05, 3.63) is 0 Å². The molecule has 0 amide bonds. The predicted molar refractivity (Wildman–Crippen MR) is 43.0 cm³/mol. The van der Waals surface area contributed by atoms with E-state index in [9.17, 15) is 0 Å². The van der Waals surface area contributed by atoms with Crippen molar-refractivity contribution in [2.24, 2.45) is 11.8 Å². The largest absolute Gasteiger partial charge is 0.375 e. The highest BCUT2D eigenvalue weighted by atomic mass is 16.5. The van der Waals surface area contributed by atoms with E-state index in [1.165, 1.54) is 6.42 Å². The summed E-state index contributed by atoms with van der Waals surface area (Å²) in [6, 6.07) is 0. The van der Waals surface area contributed by atoms with Gasteiger partial charge in [-0.2, -0.15) is 0 Å². The third-order valence-corrected chi connectivity index (χ3v) is 2.60. The average Bonchev–Trinajstić information content (AvgIpc) is 2.08. The van der Waals surface area contributed by atoms with Gasteiger partial charge in [-0.15, -0.1) is 0 Å². The normalized spacial score (nSPS) is 31.5. The summed E-state index contributed by atoms with van der Waals surface area (Å²) in [4.78, 5) is 0. The predicted octanol–water partition coefficient (Wildman–Crippen LogP) is 2.46. The first-order valence-electron chi connectivity index (χ1n) is 4.18. The van der Waals surface area contributed by atoms with Crippen LogP contribution >= 0.6 is 0 Å². The molecule has 0 N–H and O–H groups in total. The van der Waals surface area contributed by atoms with Gasteiger partial charge in [-0.25, -0.2) is 0 Å². The molecule has 1 aliphatic heterocycles. The van der Waals surface area contributed by atoms with Crippen molar-refractivity contribution in [2.45, 2.75) is 39.7 Å². The molecule has 1 heteroatoms. The molecule has 0 spiro atoms. The van der Waals surface area contributed by atoms with Gasteiger partial charge >= 0.3 is 0 Å². The topological polar surface area (TPSA) is 9.23 Å². The molecule has 0 radical (unpaired) electrons. The van der Waals surface area contributed by atoms with Crippen molar-refractivity contribution in [1.82, 2.24) is 0 Å². The minimum absolute atomic E-state index is 0.133. The van der Waals surface area contributed by atoms with Gasteiger partial charge in [0.15, 0.2) is 0 Å². The van der Waals surface area contributed by atoms with E-state index < -0.39 is 0 Å². The van der Waals surface area contributed by atoms with Crippen LogP contribution in [0.2, 0.25) is 0 Å². The molecule has 0 aromatic heterocycles. The second-order valence-electron chi connectivity index (χ2n) is 4.09. The fraction of sp³-hybridized carbons (Fsp3) is 1.00. The van der Waals surface area contributed by atoms with Crippen molar-refractivity contribution in [2.75, 3.05) is 6.61 Å². The highest BCUT2D eigenvalue weighted by Crippen LogP contribution is 2.36. The summed E-state index contributed by atoms with van der Waals surface area (Å²) in [6.45, 7) is 9.91. The second-order valence-corrected chi connectivity index (χ2v) is 4.09. The standard InChI is InChI=1S/C9H18O/c1-7(2)8-5-6-10-9(8,3)4/h7-8H,5-6H2,1-4H3/t8-/m1/s1. The van der Waals surface area contributed by atoms with Crippen LogP contribution in [0, 0.1) is 11.8 Å². The summed E-state index contributed by atoms with van der Waals surface area (Å²) in [7, 11) is 0. The molecule has 1 aliphatic rings. The Hall–Kier alpha value is -0.0400. The summed E-state index contributed by atoms with van der Waals surface area (Å²) >= 11 is 0. The summed E-state index contributed by atoms with van der Waals surface area (Å²) in [5, 5.41) is 0. The lowest BCUT2D eigenvalue weighted by Gasteiger charge is -2.28. The van der Waals surface area contributed by atoms with Crippen LogP contribution in [0.25, 0.3) is 0 Å². The molecule has 60 valence electrons. The fourth-order valence-electron chi connectivity index (χ4n) is 2.04. The lowest BCUT2D eigenvalue weighted by molar-refractivity contribution is 0.000153. The molecule has 1 atom stereocenters. The molecule has 0 aromatic rings. The molecule has 0 aliphatic carbocycles. The van der Waals surface area contributed by atoms with Crippen LogP contribution in [0.3, 0.4) is 0 Å². The van der Waals surface area contributed by atoms with E-state index in [0.29, 0.717) is 0 Å². The maximum absolute atomic E-state index is 5.61. The van der Waals surface area contributed by atoms with E-state index in [2.05, 4.69) is 27.7 Å². The van der Waals surface area contributed by atoms with Crippen LogP contribution in [0.1, 0.15) is 34.1 Å². The third kappa shape index (κ3) is 1.34. The van der Waals surface area contributed by atoms with Gasteiger partial charge in [-0.1, -0.05) is 13.8 Å². The van der Waals surface area contributed by atoms with E-state index >= 15 is 0 Å². The average molecular weight is 142 g/mol. The van der Waals surface area contributed by atoms with E-state index in [-0.39, 0.29) is 5.60 Å². The molecule has 0 aromatic carbocycles. The smallest absolute Gasteiger partial charge is 0.0657 e. The van der Waals surface area contributed by atoms with Crippen molar-refractivity contribution in [3.63, 3.8) is 0 Å². The zero-order valence-corrected chi connectivity index (χ0v) is 7.48. The first-order valence-corrected chi connectivity index (χ1v) is 4.18. The minimum Gasteiger partial charge on any atom is -0.375 e. The van der Waals surface area contributed by atoms with Crippen molar-refractivity contribution >= 4 is 0 Å². The van der Waals surface area contributed by atoms with Gasteiger partial charge in [0, 0.05) is 6.61 Å². The minimum atomic E-state index is 0.133. The van der Waals surface area contributed by atoms with Crippen LogP contribution in [0.4, 0.5) is 0 Å². The molecule has 0 saturated carbocycles. The monoisotopic (exact) mass is 142 g/mol. The number of hydrogen-bond acceptors (Lipinski definition) is 1. The SMILES string of the molecule is CC(C)[C@H]1CCOC1(C)C. The second kappa shape index (κ2) is 2.54. The van der Waals surface area contributed by atoms with Gasteiger partial charge in [0.2, 0.25) is 0 Å². The number of hydrogen-bond donors (Lipinski definition) is 0. The third-order valence-electron chi connectivity index (χ3n) is 2.60. The van der Waals surface area contributed by atoms with E-state index in [4.69, 9.17) is 4.74 Å². The van der Waals surface area contributed by atoms with Crippen molar-refractivity contribution < 1.29 is 4.74 Å². The van der Waals surface area contributed by atoms with Gasteiger partial charge in [-0.3, -0.25) is 0 Å². The molecular weight excluding hydrogens is 124 g/mol. The molecule has 10 heavy (non-hydrogen) atoms. The first-order chi connectivity index (χ1) is 4.54.